The van der Waals surface area contributed by atoms with Crippen molar-refractivity contribution < 1.29 is 24.9 Å². The van der Waals surface area contributed by atoms with E-state index in [4.69, 9.17) is 0 Å². The summed E-state index contributed by atoms with van der Waals surface area (Å²) in [6.45, 7) is 0. The lowest BCUT2D eigenvalue weighted by molar-refractivity contribution is -0.140. The summed E-state index contributed by atoms with van der Waals surface area (Å²) < 4.78 is 4.61. The molecule has 1 saturated carbocycles. The first kappa shape index (κ1) is 23.3. The second kappa shape index (κ2) is 12.6. The van der Waals surface area contributed by atoms with Gasteiger partial charge in [-0.15, -0.1) is 0 Å². The Balaban J connectivity index is 1.80. The Kier molecular flexibility index (Phi) is 10.1. The number of carbonyl (C=O) groups excluding carboxylic acids is 1. The Morgan fingerprint density at radius 1 is 1.21 bits per heavy atom. The fourth-order valence-corrected chi connectivity index (χ4v) is 3.86. The maximum Gasteiger partial charge on any atom is 0.305 e. The Morgan fingerprint density at radius 2 is 1.97 bits per heavy atom. The highest BCUT2D eigenvalue weighted by Crippen LogP contribution is 2.36. The minimum Gasteiger partial charge on any atom is -0.469 e. The first-order valence-electron chi connectivity index (χ1n) is 10.5. The average molecular weight is 403 g/mol. The normalized spacial score (nSPS) is 25.7. The van der Waals surface area contributed by atoms with Gasteiger partial charge in [0, 0.05) is 18.8 Å². The van der Waals surface area contributed by atoms with E-state index in [2.05, 4.69) is 4.74 Å². The van der Waals surface area contributed by atoms with Crippen LogP contribution in [0.2, 0.25) is 0 Å². The quantitative estimate of drug-likeness (QED) is 0.301. The Hall–Kier alpha value is -1.95. The monoisotopic (exact) mass is 402 g/mol. The first-order chi connectivity index (χ1) is 14.0. The summed E-state index contributed by atoms with van der Waals surface area (Å²) in [7, 11) is 1.39. The van der Waals surface area contributed by atoms with Gasteiger partial charge in [-0.25, -0.2) is 0 Å². The SMILES string of the molecule is COC(=O)CCC/C=C\C[C@@H]1[C@@H](C=C[C@@H](O)CCc2ccccc2)[C@H](O)C[C@@H]1O. The number of esters is 1. The van der Waals surface area contributed by atoms with Gasteiger partial charge in [0.1, 0.15) is 0 Å². The van der Waals surface area contributed by atoms with E-state index in [1.807, 2.05) is 48.6 Å². The standard InChI is InChI=1S/C24H34O5/c1-29-24(28)12-8-3-2-7-11-20-21(23(27)17-22(20)26)16-15-19(25)14-13-18-9-5-4-6-10-18/h2,4-7,9-10,15-16,19-23,25-27H,3,8,11-14,17H2,1H3/b7-2-,16-15?/t19-,20+,21+,22-,23+/m0/s1. The number of benzene rings is 1. The summed E-state index contributed by atoms with van der Waals surface area (Å²) in [5.74, 6) is -0.445. The molecule has 5 atom stereocenters. The molecule has 1 aliphatic carbocycles. The number of methoxy groups -OCH3 is 1. The van der Waals surface area contributed by atoms with Crippen molar-refractivity contribution in [3.05, 3.63) is 60.2 Å². The molecule has 0 radical (unpaired) electrons. The third kappa shape index (κ3) is 8.13. The lowest BCUT2D eigenvalue weighted by Crippen LogP contribution is -2.20. The van der Waals surface area contributed by atoms with Gasteiger partial charge in [0.15, 0.2) is 0 Å². The van der Waals surface area contributed by atoms with Gasteiger partial charge >= 0.3 is 5.97 Å². The number of hydrogen-bond acceptors (Lipinski definition) is 5. The van der Waals surface area contributed by atoms with E-state index in [1.54, 1.807) is 6.08 Å². The summed E-state index contributed by atoms with van der Waals surface area (Å²) in [4.78, 5) is 11.1. The Bertz CT molecular complexity index is 654. The molecule has 3 N–H and O–H groups in total. The molecule has 0 heterocycles. The zero-order chi connectivity index (χ0) is 21.1. The molecule has 160 valence electrons. The van der Waals surface area contributed by atoms with Gasteiger partial charge in [-0.05, 0) is 43.6 Å². The number of aryl methyl sites for hydroxylation is 1. The second-order valence-electron chi connectivity index (χ2n) is 7.76. The molecule has 0 bridgehead atoms. The summed E-state index contributed by atoms with van der Waals surface area (Å²) in [6, 6.07) is 10.0. The number of unbranched alkanes of at least 4 members (excludes halogenated alkanes) is 1. The van der Waals surface area contributed by atoms with Crippen molar-refractivity contribution >= 4 is 5.97 Å². The lowest BCUT2D eigenvalue weighted by atomic mass is 9.89. The van der Waals surface area contributed by atoms with Gasteiger partial charge in [-0.2, -0.15) is 0 Å². The van der Waals surface area contributed by atoms with E-state index in [0.29, 0.717) is 25.7 Å². The number of allylic oxidation sites excluding steroid dienone is 2. The van der Waals surface area contributed by atoms with Gasteiger partial charge < -0.3 is 20.1 Å². The van der Waals surface area contributed by atoms with Gasteiger partial charge in [-0.3, -0.25) is 4.79 Å². The maximum atomic E-state index is 11.1. The van der Waals surface area contributed by atoms with Crippen molar-refractivity contribution in [3.63, 3.8) is 0 Å². The molecule has 0 unspecified atom stereocenters. The van der Waals surface area contributed by atoms with E-state index >= 15 is 0 Å². The van der Waals surface area contributed by atoms with Gasteiger partial charge in [0.05, 0.1) is 25.4 Å². The number of rotatable bonds is 11. The zero-order valence-corrected chi connectivity index (χ0v) is 17.2. The van der Waals surface area contributed by atoms with Crippen molar-refractivity contribution in [1.82, 2.24) is 0 Å². The third-order valence-electron chi connectivity index (χ3n) is 5.60. The van der Waals surface area contributed by atoms with Gasteiger partial charge in [0.2, 0.25) is 0 Å². The Morgan fingerprint density at radius 3 is 2.69 bits per heavy atom. The van der Waals surface area contributed by atoms with Crippen LogP contribution in [-0.4, -0.2) is 46.7 Å². The largest absolute Gasteiger partial charge is 0.469 e. The second-order valence-corrected chi connectivity index (χ2v) is 7.76. The molecule has 0 saturated heterocycles. The third-order valence-corrected chi connectivity index (χ3v) is 5.60. The van der Waals surface area contributed by atoms with Crippen LogP contribution in [-0.2, 0) is 16.0 Å². The van der Waals surface area contributed by atoms with Crippen LogP contribution in [0, 0.1) is 11.8 Å². The molecule has 1 aromatic rings. The number of aliphatic hydroxyl groups excluding tert-OH is 3. The minimum atomic E-state index is -0.597. The summed E-state index contributed by atoms with van der Waals surface area (Å²) in [6.07, 6.45) is 10.3. The maximum absolute atomic E-state index is 11.1. The van der Waals surface area contributed by atoms with Crippen LogP contribution < -0.4 is 0 Å². The van der Waals surface area contributed by atoms with E-state index in [-0.39, 0.29) is 17.8 Å². The first-order valence-corrected chi connectivity index (χ1v) is 10.5. The van der Waals surface area contributed by atoms with E-state index < -0.39 is 18.3 Å². The number of carbonyl (C=O) groups is 1. The molecular weight excluding hydrogens is 368 g/mol. The predicted octanol–water partition coefficient (Wildman–Crippen LogP) is 3.18. The molecule has 0 amide bonds. The molecule has 1 fully saturated rings. The number of aliphatic hydroxyl groups is 3. The van der Waals surface area contributed by atoms with Crippen molar-refractivity contribution in [2.45, 2.75) is 63.3 Å². The molecule has 0 spiro atoms. The summed E-state index contributed by atoms with van der Waals surface area (Å²) >= 11 is 0. The van der Waals surface area contributed by atoms with E-state index in [9.17, 15) is 20.1 Å². The van der Waals surface area contributed by atoms with Crippen LogP contribution in [0.5, 0.6) is 0 Å². The summed E-state index contributed by atoms with van der Waals surface area (Å²) in [5.41, 5.74) is 1.19. The highest BCUT2D eigenvalue weighted by Gasteiger charge is 2.39. The number of hydrogen-bond donors (Lipinski definition) is 3. The molecule has 0 aromatic heterocycles. The van der Waals surface area contributed by atoms with E-state index in [0.717, 1.165) is 19.3 Å². The van der Waals surface area contributed by atoms with Crippen molar-refractivity contribution in [1.29, 1.82) is 0 Å². The summed E-state index contributed by atoms with van der Waals surface area (Å²) in [5, 5.41) is 30.9. The molecule has 5 heteroatoms. The van der Waals surface area contributed by atoms with Crippen LogP contribution >= 0.6 is 0 Å². The predicted molar refractivity (Wildman–Crippen MR) is 113 cm³/mol. The highest BCUT2D eigenvalue weighted by molar-refractivity contribution is 5.69. The van der Waals surface area contributed by atoms with Crippen LogP contribution in [0.3, 0.4) is 0 Å². The lowest BCUT2D eigenvalue weighted by Gasteiger charge is -2.19. The highest BCUT2D eigenvalue weighted by atomic mass is 16.5. The number of ether oxygens (including phenoxy) is 1. The van der Waals surface area contributed by atoms with Crippen LogP contribution in [0.1, 0.15) is 44.1 Å². The molecule has 29 heavy (non-hydrogen) atoms. The van der Waals surface area contributed by atoms with E-state index in [1.165, 1.54) is 12.7 Å². The fourth-order valence-electron chi connectivity index (χ4n) is 3.86. The smallest absolute Gasteiger partial charge is 0.305 e. The van der Waals surface area contributed by atoms with Crippen molar-refractivity contribution in [2.24, 2.45) is 11.8 Å². The average Bonchev–Trinajstić information content (AvgIpc) is 3.00. The Labute approximate surface area is 173 Å². The zero-order valence-electron chi connectivity index (χ0n) is 17.2. The van der Waals surface area contributed by atoms with Crippen molar-refractivity contribution in [2.75, 3.05) is 7.11 Å². The van der Waals surface area contributed by atoms with Crippen molar-refractivity contribution in [3.8, 4) is 0 Å². The molecular formula is C24H34O5. The molecule has 0 aliphatic heterocycles. The molecule has 1 aromatic carbocycles. The van der Waals surface area contributed by atoms with Crippen LogP contribution in [0.25, 0.3) is 0 Å². The van der Waals surface area contributed by atoms with Gasteiger partial charge in [-0.1, -0.05) is 54.6 Å². The van der Waals surface area contributed by atoms with Crippen LogP contribution in [0.15, 0.2) is 54.6 Å². The topological polar surface area (TPSA) is 87.0 Å². The fraction of sp³-hybridized carbons (Fsp3) is 0.542. The molecule has 5 nitrogen and oxygen atoms in total. The minimum absolute atomic E-state index is 0.0700. The van der Waals surface area contributed by atoms with Crippen LogP contribution in [0.4, 0.5) is 0 Å². The van der Waals surface area contributed by atoms with Gasteiger partial charge in [0.25, 0.3) is 0 Å². The molecule has 1 aliphatic rings. The molecule has 2 rings (SSSR count).